The number of aliphatic hydroxyl groups excluding tert-OH is 1. The van der Waals surface area contributed by atoms with Gasteiger partial charge in [-0.1, -0.05) is 6.07 Å². The van der Waals surface area contributed by atoms with Gasteiger partial charge in [0.15, 0.2) is 11.5 Å². The van der Waals surface area contributed by atoms with Crippen LogP contribution in [0.1, 0.15) is 17.5 Å². The highest BCUT2D eigenvalue weighted by atomic mass is 16.5. The number of hydrogen-bond donors (Lipinski definition) is 1. The Morgan fingerprint density at radius 1 is 1.12 bits per heavy atom. The molecule has 0 amide bonds. The predicted molar refractivity (Wildman–Crippen MR) is 65.7 cm³/mol. The molecular formula is C13H20O4. The van der Waals surface area contributed by atoms with E-state index in [0.29, 0.717) is 18.8 Å². The molecule has 0 saturated carbocycles. The highest BCUT2D eigenvalue weighted by molar-refractivity contribution is 5.50. The van der Waals surface area contributed by atoms with Gasteiger partial charge >= 0.3 is 0 Å². The maximum atomic E-state index is 8.94. The Morgan fingerprint density at radius 3 is 2.41 bits per heavy atom. The van der Waals surface area contributed by atoms with Crippen molar-refractivity contribution in [1.82, 2.24) is 0 Å². The number of hydrogen-bond acceptors (Lipinski definition) is 4. The molecule has 0 aliphatic heterocycles. The average Bonchev–Trinajstić information content (AvgIpc) is 2.36. The average molecular weight is 240 g/mol. The lowest BCUT2D eigenvalue weighted by Gasteiger charge is -2.16. The molecule has 0 spiro atoms. The summed E-state index contributed by atoms with van der Waals surface area (Å²) in [5, 5.41) is 8.94. The predicted octanol–water partition coefficient (Wildman–Crippen LogP) is 1.78. The zero-order valence-corrected chi connectivity index (χ0v) is 10.7. The van der Waals surface area contributed by atoms with Crippen molar-refractivity contribution in [2.24, 2.45) is 0 Å². The molecule has 0 fully saturated rings. The lowest BCUT2D eigenvalue weighted by Crippen LogP contribution is -2.03. The molecule has 1 N–H and O–H groups in total. The van der Waals surface area contributed by atoms with Crippen LogP contribution in [0.2, 0.25) is 0 Å². The molecule has 1 aromatic carbocycles. The van der Waals surface area contributed by atoms with E-state index in [-0.39, 0.29) is 6.61 Å². The van der Waals surface area contributed by atoms with Crippen molar-refractivity contribution in [2.75, 3.05) is 27.9 Å². The molecule has 0 saturated heterocycles. The summed E-state index contributed by atoms with van der Waals surface area (Å²) in [5.41, 5.74) is 2.11. The van der Waals surface area contributed by atoms with Crippen LogP contribution in [0.25, 0.3) is 0 Å². The third-order valence-corrected chi connectivity index (χ3v) is 2.63. The first-order valence-electron chi connectivity index (χ1n) is 5.61. The van der Waals surface area contributed by atoms with Gasteiger partial charge < -0.3 is 19.3 Å². The maximum Gasteiger partial charge on any atom is 0.164 e. The van der Waals surface area contributed by atoms with Crippen molar-refractivity contribution in [3.8, 4) is 11.5 Å². The Hall–Kier alpha value is -1.26. The highest BCUT2D eigenvalue weighted by Gasteiger charge is 2.14. The van der Waals surface area contributed by atoms with Crippen LogP contribution in [0.15, 0.2) is 12.1 Å². The smallest absolute Gasteiger partial charge is 0.164 e. The molecule has 96 valence electrons. The second kappa shape index (κ2) is 7.14. The van der Waals surface area contributed by atoms with Gasteiger partial charge in [0.1, 0.15) is 0 Å². The van der Waals surface area contributed by atoms with Gasteiger partial charge in [0.25, 0.3) is 0 Å². The van der Waals surface area contributed by atoms with Gasteiger partial charge in [-0.25, -0.2) is 0 Å². The lowest BCUT2D eigenvalue weighted by molar-refractivity contribution is 0.183. The Labute approximate surface area is 102 Å². The number of benzene rings is 1. The van der Waals surface area contributed by atoms with E-state index in [1.165, 1.54) is 0 Å². The van der Waals surface area contributed by atoms with E-state index < -0.39 is 0 Å². The first-order chi connectivity index (χ1) is 8.28. The van der Waals surface area contributed by atoms with Crippen LogP contribution in [-0.2, 0) is 17.8 Å². The fourth-order valence-electron chi connectivity index (χ4n) is 1.85. The summed E-state index contributed by atoms with van der Waals surface area (Å²) < 4.78 is 15.8. The largest absolute Gasteiger partial charge is 0.493 e. The molecular weight excluding hydrogens is 220 g/mol. The van der Waals surface area contributed by atoms with Crippen LogP contribution < -0.4 is 9.47 Å². The van der Waals surface area contributed by atoms with Gasteiger partial charge in [-0.15, -0.1) is 0 Å². The molecule has 0 heterocycles. The zero-order valence-electron chi connectivity index (χ0n) is 10.7. The normalized spacial score (nSPS) is 10.4. The summed E-state index contributed by atoms with van der Waals surface area (Å²) in [6, 6.07) is 3.84. The molecule has 17 heavy (non-hydrogen) atoms. The van der Waals surface area contributed by atoms with E-state index in [4.69, 9.17) is 19.3 Å². The van der Waals surface area contributed by atoms with Gasteiger partial charge in [0.2, 0.25) is 0 Å². The van der Waals surface area contributed by atoms with E-state index in [1.807, 2.05) is 12.1 Å². The Kier molecular flexibility index (Phi) is 5.80. The van der Waals surface area contributed by atoms with E-state index in [9.17, 15) is 0 Å². The van der Waals surface area contributed by atoms with E-state index >= 15 is 0 Å². The number of rotatable bonds is 7. The summed E-state index contributed by atoms with van der Waals surface area (Å²) in [7, 11) is 4.90. The minimum absolute atomic E-state index is 0.160. The monoisotopic (exact) mass is 240 g/mol. The second-order valence-electron chi connectivity index (χ2n) is 3.70. The van der Waals surface area contributed by atoms with E-state index in [1.54, 1.807) is 21.3 Å². The van der Waals surface area contributed by atoms with Gasteiger partial charge in [-0.2, -0.15) is 0 Å². The minimum Gasteiger partial charge on any atom is -0.493 e. The summed E-state index contributed by atoms with van der Waals surface area (Å²) in [6.45, 7) is 0.688. The zero-order chi connectivity index (χ0) is 12.7. The maximum absolute atomic E-state index is 8.94. The SMILES string of the molecule is COCc1ccc(OC)c(OC)c1CCCO. The van der Waals surface area contributed by atoms with Gasteiger partial charge in [-0.05, 0) is 24.5 Å². The topological polar surface area (TPSA) is 47.9 Å². The van der Waals surface area contributed by atoms with Gasteiger partial charge in [-0.3, -0.25) is 0 Å². The third kappa shape index (κ3) is 3.35. The molecule has 0 radical (unpaired) electrons. The first-order valence-corrected chi connectivity index (χ1v) is 5.61. The van der Waals surface area contributed by atoms with Crippen molar-refractivity contribution in [3.05, 3.63) is 23.3 Å². The number of methoxy groups -OCH3 is 3. The van der Waals surface area contributed by atoms with Crippen LogP contribution in [0, 0.1) is 0 Å². The molecule has 0 atom stereocenters. The highest BCUT2D eigenvalue weighted by Crippen LogP contribution is 2.34. The number of aliphatic hydroxyl groups is 1. The van der Waals surface area contributed by atoms with Crippen LogP contribution in [-0.4, -0.2) is 33.0 Å². The van der Waals surface area contributed by atoms with E-state index in [2.05, 4.69) is 0 Å². The molecule has 0 aliphatic carbocycles. The lowest BCUT2D eigenvalue weighted by atomic mass is 10.0. The second-order valence-corrected chi connectivity index (χ2v) is 3.70. The molecule has 0 aliphatic rings. The summed E-state index contributed by atoms with van der Waals surface area (Å²) in [4.78, 5) is 0. The number of ether oxygens (including phenoxy) is 3. The molecule has 0 bridgehead atoms. The molecule has 0 unspecified atom stereocenters. The standard InChI is InChI=1S/C13H20O4/c1-15-9-10-6-7-12(16-2)13(17-3)11(10)5-4-8-14/h6-7,14H,4-5,8-9H2,1-3H3. The Morgan fingerprint density at radius 2 is 1.88 bits per heavy atom. The van der Waals surface area contributed by atoms with Crippen LogP contribution >= 0.6 is 0 Å². The molecule has 1 rings (SSSR count). The fraction of sp³-hybridized carbons (Fsp3) is 0.538. The summed E-state index contributed by atoms with van der Waals surface area (Å²) in [5.74, 6) is 1.44. The molecule has 1 aromatic rings. The van der Waals surface area contributed by atoms with Crippen LogP contribution in [0.4, 0.5) is 0 Å². The fourth-order valence-corrected chi connectivity index (χ4v) is 1.85. The van der Waals surface area contributed by atoms with E-state index in [0.717, 1.165) is 23.3 Å². The van der Waals surface area contributed by atoms with Crippen LogP contribution in [0.5, 0.6) is 11.5 Å². The van der Waals surface area contributed by atoms with Gasteiger partial charge in [0, 0.05) is 19.3 Å². The molecule has 4 heteroatoms. The van der Waals surface area contributed by atoms with Crippen molar-refractivity contribution in [3.63, 3.8) is 0 Å². The first kappa shape index (κ1) is 13.8. The minimum atomic E-state index is 0.160. The summed E-state index contributed by atoms with van der Waals surface area (Å²) >= 11 is 0. The molecule has 0 aromatic heterocycles. The van der Waals surface area contributed by atoms with Crippen LogP contribution in [0.3, 0.4) is 0 Å². The van der Waals surface area contributed by atoms with Crippen molar-refractivity contribution in [1.29, 1.82) is 0 Å². The van der Waals surface area contributed by atoms with Crippen molar-refractivity contribution >= 4 is 0 Å². The molecule has 4 nitrogen and oxygen atoms in total. The summed E-state index contributed by atoms with van der Waals surface area (Å²) in [6.07, 6.45) is 1.44. The quantitative estimate of drug-likeness (QED) is 0.789. The van der Waals surface area contributed by atoms with Gasteiger partial charge in [0.05, 0.1) is 20.8 Å². The van der Waals surface area contributed by atoms with Crippen molar-refractivity contribution < 1.29 is 19.3 Å². The Bertz CT molecular complexity index is 350. The Balaban J connectivity index is 3.13. The van der Waals surface area contributed by atoms with Crippen molar-refractivity contribution in [2.45, 2.75) is 19.4 Å². The third-order valence-electron chi connectivity index (χ3n) is 2.63.